The lowest BCUT2D eigenvalue weighted by Crippen LogP contribution is -2.10. The Hall–Kier alpha value is -3.74. The summed E-state index contributed by atoms with van der Waals surface area (Å²) in [5.41, 5.74) is 3.30. The Kier molecular flexibility index (Phi) is 4.72. The summed E-state index contributed by atoms with van der Waals surface area (Å²) in [5, 5.41) is 8.43. The van der Waals surface area contributed by atoms with E-state index in [2.05, 4.69) is 20.4 Å². The number of carbonyl (C=O) groups is 1. The molecule has 0 bridgehead atoms. The second kappa shape index (κ2) is 7.48. The Balaban J connectivity index is 1.88. The van der Waals surface area contributed by atoms with Crippen LogP contribution in [-0.4, -0.2) is 32.3 Å². The molecule has 28 heavy (non-hydrogen) atoms. The molecule has 3 heterocycles. The highest BCUT2D eigenvalue weighted by Crippen LogP contribution is 2.30. The largest absolute Gasteiger partial charge is 0.462 e. The van der Waals surface area contributed by atoms with Crippen molar-refractivity contribution in [3.05, 3.63) is 72.2 Å². The highest BCUT2D eigenvalue weighted by molar-refractivity contribution is 6.05. The number of pyridine rings is 2. The van der Waals surface area contributed by atoms with Crippen LogP contribution >= 0.6 is 0 Å². The zero-order valence-corrected chi connectivity index (χ0v) is 15.6. The fourth-order valence-electron chi connectivity index (χ4n) is 2.98. The van der Waals surface area contributed by atoms with Crippen LogP contribution < -0.4 is 5.32 Å². The van der Waals surface area contributed by atoms with E-state index in [0.717, 1.165) is 11.4 Å². The van der Waals surface area contributed by atoms with Crippen molar-refractivity contribution in [1.82, 2.24) is 19.7 Å². The van der Waals surface area contributed by atoms with E-state index >= 15 is 0 Å². The van der Waals surface area contributed by atoms with Crippen LogP contribution in [0.25, 0.3) is 16.7 Å². The van der Waals surface area contributed by atoms with Crippen molar-refractivity contribution in [2.24, 2.45) is 0 Å². The first-order valence-electron chi connectivity index (χ1n) is 8.97. The molecule has 7 heteroatoms. The summed E-state index contributed by atoms with van der Waals surface area (Å²) in [5.74, 6) is 0.185. The number of esters is 1. The van der Waals surface area contributed by atoms with Crippen molar-refractivity contribution in [3.8, 4) is 5.69 Å². The molecule has 1 aromatic carbocycles. The molecule has 0 aliphatic rings. The first kappa shape index (κ1) is 17.7. The van der Waals surface area contributed by atoms with Gasteiger partial charge in [0.25, 0.3) is 0 Å². The minimum Gasteiger partial charge on any atom is -0.462 e. The fraction of sp³-hybridized carbons (Fsp3) is 0.143. The number of ether oxygens (including phenoxy) is 1. The van der Waals surface area contributed by atoms with Gasteiger partial charge in [0.2, 0.25) is 0 Å². The summed E-state index contributed by atoms with van der Waals surface area (Å²) in [4.78, 5) is 21.4. The number of nitrogens with one attached hydrogen (secondary N) is 1. The molecule has 0 aliphatic heterocycles. The minimum absolute atomic E-state index is 0.280. The zero-order valence-electron chi connectivity index (χ0n) is 15.6. The van der Waals surface area contributed by atoms with Gasteiger partial charge in [0.05, 0.1) is 29.6 Å². The number of carbonyl (C=O) groups excluding carboxylic acids is 1. The van der Waals surface area contributed by atoms with Gasteiger partial charge in [0.1, 0.15) is 11.4 Å². The number of hydrogen-bond donors (Lipinski definition) is 1. The molecule has 0 amide bonds. The molecular formula is C21H19N5O2. The molecule has 4 aromatic rings. The number of aromatic nitrogens is 4. The van der Waals surface area contributed by atoms with Crippen molar-refractivity contribution < 1.29 is 9.53 Å². The van der Waals surface area contributed by atoms with Gasteiger partial charge in [-0.15, -0.1) is 0 Å². The molecular weight excluding hydrogens is 354 g/mol. The quantitative estimate of drug-likeness (QED) is 0.532. The average Bonchev–Trinajstić information content (AvgIpc) is 3.14. The number of nitrogens with zero attached hydrogens (tertiary/aromatic N) is 4. The zero-order chi connectivity index (χ0) is 19.5. The maximum absolute atomic E-state index is 12.5. The monoisotopic (exact) mass is 373 g/mol. The summed E-state index contributed by atoms with van der Waals surface area (Å²) in [7, 11) is 0. The number of benzene rings is 1. The van der Waals surface area contributed by atoms with Crippen molar-refractivity contribution in [1.29, 1.82) is 0 Å². The number of para-hydroxylation sites is 1. The third kappa shape index (κ3) is 3.29. The van der Waals surface area contributed by atoms with Gasteiger partial charge in [-0.05, 0) is 38.1 Å². The predicted octanol–water partition coefficient (Wildman–Crippen LogP) is 4.04. The van der Waals surface area contributed by atoms with E-state index in [1.807, 2.05) is 55.5 Å². The van der Waals surface area contributed by atoms with Gasteiger partial charge < -0.3 is 10.1 Å². The van der Waals surface area contributed by atoms with E-state index in [0.29, 0.717) is 28.1 Å². The Bertz CT molecular complexity index is 1140. The maximum atomic E-state index is 12.5. The van der Waals surface area contributed by atoms with Gasteiger partial charge in [-0.25, -0.2) is 19.4 Å². The molecule has 0 aliphatic carbocycles. The van der Waals surface area contributed by atoms with Crippen LogP contribution in [0, 0.1) is 6.92 Å². The summed E-state index contributed by atoms with van der Waals surface area (Å²) < 4.78 is 6.94. The van der Waals surface area contributed by atoms with Crippen LogP contribution in [0.1, 0.15) is 23.0 Å². The van der Waals surface area contributed by atoms with Gasteiger partial charge >= 0.3 is 5.97 Å². The molecule has 0 radical (unpaired) electrons. The molecule has 0 saturated heterocycles. The summed E-state index contributed by atoms with van der Waals surface area (Å²) in [6, 6.07) is 15.4. The van der Waals surface area contributed by atoms with Crippen molar-refractivity contribution in [3.63, 3.8) is 0 Å². The molecule has 0 spiro atoms. The lowest BCUT2D eigenvalue weighted by molar-refractivity contribution is 0.0527. The molecule has 3 aromatic heterocycles. The molecule has 7 nitrogen and oxygen atoms in total. The Morgan fingerprint density at radius 3 is 2.68 bits per heavy atom. The van der Waals surface area contributed by atoms with Gasteiger partial charge in [-0.3, -0.25) is 0 Å². The Morgan fingerprint density at radius 1 is 1.11 bits per heavy atom. The van der Waals surface area contributed by atoms with Crippen LogP contribution in [0.4, 0.5) is 11.5 Å². The number of aryl methyl sites for hydroxylation is 1. The Labute approximate surface area is 162 Å². The summed E-state index contributed by atoms with van der Waals surface area (Å²) in [6.45, 7) is 3.96. The smallest absolute Gasteiger partial charge is 0.341 e. The third-order valence-corrected chi connectivity index (χ3v) is 4.24. The van der Waals surface area contributed by atoms with Crippen LogP contribution in [0.3, 0.4) is 0 Å². The standard InChI is InChI=1S/C21H19N5O2/c1-3-28-21(27)17-12-22-20-16(13-23-26(20)15-9-5-4-6-10-15)19(17)25-18-11-7-8-14(2)24-18/h4-13H,3H2,1-2H3,(H,22,24,25). The van der Waals surface area contributed by atoms with Crippen LogP contribution in [0.5, 0.6) is 0 Å². The van der Waals surface area contributed by atoms with Gasteiger partial charge in [0.15, 0.2) is 5.65 Å². The fourth-order valence-corrected chi connectivity index (χ4v) is 2.98. The molecule has 140 valence electrons. The van der Waals surface area contributed by atoms with E-state index in [1.165, 1.54) is 6.20 Å². The van der Waals surface area contributed by atoms with Crippen molar-refractivity contribution in [2.75, 3.05) is 11.9 Å². The molecule has 0 fully saturated rings. The first-order valence-corrected chi connectivity index (χ1v) is 8.97. The van der Waals surface area contributed by atoms with E-state index < -0.39 is 5.97 Å². The minimum atomic E-state index is -0.445. The number of hydrogen-bond acceptors (Lipinski definition) is 6. The van der Waals surface area contributed by atoms with Gasteiger partial charge in [-0.2, -0.15) is 5.10 Å². The molecule has 0 unspecified atom stereocenters. The summed E-state index contributed by atoms with van der Waals surface area (Å²) in [6.07, 6.45) is 3.20. The average molecular weight is 373 g/mol. The van der Waals surface area contributed by atoms with E-state index in [-0.39, 0.29) is 6.61 Å². The summed E-state index contributed by atoms with van der Waals surface area (Å²) >= 11 is 0. The molecule has 0 saturated carbocycles. The van der Waals surface area contributed by atoms with Gasteiger partial charge in [0, 0.05) is 11.9 Å². The van der Waals surface area contributed by atoms with Crippen LogP contribution in [0.15, 0.2) is 60.9 Å². The van der Waals surface area contributed by atoms with Crippen molar-refractivity contribution in [2.45, 2.75) is 13.8 Å². The van der Waals surface area contributed by atoms with Crippen molar-refractivity contribution >= 4 is 28.5 Å². The lowest BCUT2D eigenvalue weighted by atomic mass is 10.1. The van der Waals surface area contributed by atoms with Crippen LogP contribution in [-0.2, 0) is 4.74 Å². The maximum Gasteiger partial charge on any atom is 0.341 e. The third-order valence-electron chi connectivity index (χ3n) is 4.24. The molecule has 4 rings (SSSR count). The SMILES string of the molecule is CCOC(=O)c1cnc2c(cnn2-c2ccccc2)c1Nc1cccc(C)n1. The Morgan fingerprint density at radius 2 is 1.93 bits per heavy atom. The number of rotatable bonds is 5. The highest BCUT2D eigenvalue weighted by Gasteiger charge is 2.20. The predicted molar refractivity (Wildman–Crippen MR) is 107 cm³/mol. The number of fused-ring (bicyclic) bond motifs is 1. The van der Waals surface area contributed by atoms with E-state index in [9.17, 15) is 4.79 Å². The topological polar surface area (TPSA) is 81.9 Å². The van der Waals surface area contributed by atoms with E-state index in [4.69, 9.17) is 4.74 Å². The van der Waals surface area contributed by atoms with Crippen LogP contribution in [0.2, 0.25) is 0 Å². The van der Waals surface area contributed by atoms with Gasteiger partial charge in [-0.1, -0.05) is 24.3 Å². The number of anilines is 2. The highest BCUT2D eigenvalue weighted by atomic mass is 16.5. The van der Waals surface area contributed by atoms with E-state index in [1.54, 1.807) is 17.8 Å². The molecule has 0 atom stereocenters. The lowest BCUT2D eigenvalue weighted by Gasteiger charge is -2.12. The molecule has 1 N–H and O–H groups in total. The first-order chi connectivity index (χ1) is 13.7. The second-order valence-electron chi connectivity index (χ2n) is 6.19. The second-order valence-corrected chi connectivity index (χ2v) is 6.19. The normalized spacial score (nSPS) is 10.8.